The third-order valence-corrected chi connectivity index (χ3v) is 5.31. The summed E-state index contributed by atoms with van der Waals surface area (Å²) in [6.07, 6.45) is 0. The summed E-state index contributed by atoms with van der Waals surface area (Å²) in [6.45, 7) is 2.19. The van der Waals surface area contributed by atoms with Crippen molar-refractivity contribution in [2.24, 2.45) is 0 Å². The fourth-order valence-electron chi connectivity index (χ4n) is 3.67. The van der Waals surface area contributed by atoms with E-state index >= 15 is 0 Å². The maximum absolute atomic E-state index is 13.4. The van der Waals surface area contributed by atoms with Crippen LogP contribution in [0.1, 0.15) is 10.4 Å². The third-order valence-electron chi connectivity index (χ3n) is 5.31. The van der Waals surface area contributed by atoms with E-state index in [1.54, 1.807) is 27.6 Å². The highest BCUT2D eigenvalue weighted by Crippen LogP contribution is 2.21. The SMILES string of the molecule is O=C(c1cccc(F)c1)N1CCN(c2ccc3nnc(-c4ccc(F)cc4)n3n2)CC1. The van der Waals surface area contributed by atoms with Gasteiger partial charge in [0.05, 0.1) is 0 Å². The van der Waals surface area contributed by atoms with Crippen LogP contribution in [0.4, 0.5) is 14.6 Å². The van der Waals surface area contributed by atoms with Gasteiger partial charge in [0.15, 0.2) is 11.5 Å². The Morgan fingerprint density at radius 2 is 1.61 bits per heavy atom. The van der Waals surface area contributed by atoms with Crippen LogP contribution in [-0.4, -0.2) is 56.8 Å². The number of fused-ring (bicyclic) bond motifs is 1. The highest BCUT2D eigenvalue weighted by atomic mass is 19.1. The van der Waals surface area contributed by atoms with Crippen molar-refractivity contribution < 1.29 is 13.6 Å². The van der Waals surface area contributed by atoms with Crippen LogP contribution in [0.25, 0.3) is 17.0 Å². The number of rotatable bonds is 3. The quantitative estimate of drug-likeness (QED) is 0.510. The molecular formula is C22H18F2N6O. The fraction of sp³-hybridized carbons (Fsp3) is 0.182. The third kappa shape index (κ3) is 3.70. The number of amides is 1. The van der Waals surface area contributed by atoms with Gasteiger partial charge in [-0.3, -0.25) is 4.79 Å². The zero-order valence-corrected chi connectivity index (χ0v) is 16.4. The molecule has 7 nitrogen and oxygen atoms in total. The van der Waals surface area contributed by atoms with E-state index < -0.39 is 5.82 Å². The number of nitrogens with zero attached hydrogens (tertiary/aromatic N) is 6. The van der Waals surface area contributed by atoms with Gasteiger partial charge in [0.1, 0.15) is 17.5 Å². The first-order valence-corrected chi connectivity index (χ1v) is 9.87. The van der Waals surface area contributed by atoms with Crippen molar-refractivity contribution in [1.82, 2.24) is 24.7 Å². The molecule has 2 aromatic heterocycles. The Bertz CT molecular complexity index is 1250. The van der Waals surface area contributed by atoms with Gasteiger partial charge < -0.3 is 9.80 Å². The molecule has 1 aliphatic rings. The lowest BCUT2D eigenvalue weighted by molar-refractivity contribution is 0.0746. The van der Waals surface area contributed by atoms with E-state index in [-0.39, 0.29) is 11.7 Å². The number of halogens is 2. The summed E-state index contributed by atoms with van der Waals surface area (Å²) >= 11 is 0. The number of benzene rings is 2. The van der Waals surface area contributed by atoms with E-state index in [2.05, 4.69) is 20.2 Å². The standard InChI is InChI=1S/C22H18F2N6O/c23-17-6-4-15(5-7-17)21-26-25-19-8-9-20(27-30(19)21)28-10-12-29(13-11-28)22(31)16-2-1-3-18(24)14-16/h1-9,14H,10-13H2. The van der Waals surface area contributed by atoms with E-state index in [0.717, 1.165) is 5.82 Å². The zero-order chi connectivity index (χ0) is 21.4. The molecule has 0 atom stereocenters. The molecule has 0 spiro atoms. The van der Waals surface area contributed by atoms with Gasteiger partial charge in [-0.1, -0.05) is 6.07 Å². The Morgan fingerprint density at radius 1 is 0.839 bits per heavy atom. The molecule has 4 aromatic rings. The molecule has 5 rings (SSSR count). The number of hydrogen-bond donors (Lipinski definition) is 0. The van der Waals surface area contributed by atoms with E-state index in [9.17, 15) is 13.6 Å². The lowest BCUT2D eigenvalue weighted by Gasteiger charge is -2.35. The Hall–Kier alpha value is -3.88. The minimum Gasteiger partial charge on any atom is -0.352 e. The van der Waals surface area contributed by atoms with Gasteiger partial charge in [-0.05, 0) is 54.6 Å². The lowest BCUT2D eigenvalue weighted by atomic mass is 10.1. The molecule has 0 bridgehead atoms. The number of carbonyl (C=O) groups excluding carboxylic acids is 1. The van der Waals surface area contributed by atoms with E-state index in [1.807, 2.05) is 12.1 Å². The van der Waals surface area contributed by atoms with Crippen LogP contribution >= 0.6 is 0 Å². The molecule has 3 heterocycles. The molecule has 1 fully saturated rings. The van der Waals surface area contributed by atoms with Gasteiger partial charge in [-0.25, -0.2) is 8.78 Å². The zero-order valence-electron chi connectivity index (χ0n) is 16.4. The molecule has 0 N–H and O–H groups in total. The monoisotopic (exact) mass is 420 g/mol. The molecule has 1 saturated heterocycles. The van der Waals surface area contributed by atoms with Crippen LogP contribution in [0.5, 0.6) is 0 Å². The molecule has 0 radical (unpaired) electrons. The fourth-order valence-corrected chi connectivity index (χ4v) is 3.67. The molecule has 1 aliphatic heterocycles. The van der Waals surface area contributed by atoms with Crippen LogP contribution in [0.15, 0.2) is 60.7 Å². The molecule has 2 aromatic carbocycles. The summed E-state index contributed by atoms with van der Waals surface area (Å²) < 4.78 is 28.3. The van der Waals surface area contributed by atoms with E-state index in [1.165, 1.54) is 30.3 Å². The topological polar surface area (TPSA) is 66.6 Å². The smallest absolute Gasteiger partial charge is 0.254 e. The second-order valence-electron chi connectivity index (χ2n) is 7.28. The van der Waals surface area contributed by atoms with Crippen molar-refractivity contribution in [2.45, 2.75) is 0 Å². The summed E-state index contributed by atoms with van der Waals surface area (Å²) in [6, 6.07) is 15.4. The normalized spacial score (nSPS) is 14.3. The van der Waals surface area contributed by atoms with Crippen molar-refractivity contribution in [1.29, 1.82) is 0 Å². The average Bonchev–Trinajstić information content (AvgIpc) is 3.22. The van der Waals surface area contributed by atoms with Crippen LogP contribution in [0.2, 0.25) is 0 Å². The average molecular weight is 420 g/mol. The summed E-state index contributed by atoms with van der Waals surface area (Å²) in [7, 11) is 0. The maximum atomic E-state index is 13.4. The Morgan fingerprint density at radius 3 is 2.35 bits per heavy atom. The first-order valence-electron chi connectivity index (χ1n) is 9.87. The number of piperazine rings is 1. The second kappa shape index (κ2) is 7.75. The molecule has 9 heteroatoms. The minimum absolute atomic E-state index is 0.181. The van der Waals surface area contributed by atoms with Crippen molar-refractivity contribution in [2.75, 3.05) is 31.1 Å². The Kier molecular flexibility index (Phi) is 4.78. The highest BCUT2D eigenvalue weighted by Gasteiger charge is 2.24. The minimum atomic E-state index is -0.423. The van der Waals surface area contributed by atoms with Gasteiger partial charge >= 0.3 is 0 Å². The number of aromatic nitrogens is 4. The molecule has 0 saturated carbocycles. The van der Waals surface area contributed by atoms with Gasteiger partial charge in [-0.2, -0.15) is 4.52 Å². The molecule has 0 aliphatic carbocycles. The number of anilines is 1. The van der Waals surface area contributed by atoms with E-state index in [4.69, 9.17) is 0 Å². The van der Waals surface area contributed by atoms with Gasteiger partial charge in [0, 0.05) is 37.3 Å². The molecule has 31 heavy (non-hydrogen) atoms. The summed E-state index contributed by atoms with van der Waals surface area (Å²) in [5, 5.41) is 13.0. The van der Waals surface area contributed by atoms with Crippen molar-refractivity contribution >= 4 is 17.4 Å². The first-order chi connectivity index (χ1) is 15.1. The predicted molar refractivity (Wildman–Crippen MR) is 111 cm³/mol. The van der Waals surface area contributed by atoms with Crippen LogP contribution in [0, 0.1) is 11.6 Å². The molecule has 0 unspecified atom stereocenters. The number of hydrogen-bond acceptors (Lipinski definition) is 5. The predicted octanol–water partition coefficient (Wildman–Crippen LogP) is 3.03. The van der Waals surface area contributed by atoms with Gasteiger partial charge in [0.2, 0.25) is 0 Å². The number of carbonyl (C=O) groups is 1. The van der Waals surface area contributed by atoms with Gasteiger partial charge in [-0.15, -0.1) is 15.3 Å². The van der Waals surface area contributed by atoms with Gasteiger partial charge in [0.25, 0.3) is 5.91 Å². The first kappa shape index (κ1) is 19.1. The Balaban J connectivity index is 1.34. The van der Waals surface area contributed by atoms with Crippen LogP contribution in [0.3, 0.4) is 0 Å². The van der Waals surface area contributed by atoms with E-state index in [0.29, 0.717) is 48.8 Å². The van der Waals surface area contributed by atoms with Crippen molar-refractivity contribution in [3.05, 3.63) is 77.9 Å². The lowest BCUT2D eigenvalue weighted by Crippen LogP contribution is -2.49. The highest BCUT2D eigenvalue weighted by molar-refractivity contribution is 5.94. The van der Waals surface area contributed by atoms with Crippen LogP contribution < -0.4 is 4.90 Å². The summed E-state index contributed by atoms with van der Waals surface area (Å²) in [5.41, 5.74) is 1.65. The van der Waals surface area contributed by atoms with Crippen LogP contribution in [-0.2, 0) is 0 Å². The Labute approximate surface area is 176 Å². The summed E-state index contributed by atoms with van der Waals surface area (Å²) in [4.78, 5) is 16.4. The maximum Gasteiger partial charge on any atom is 0.254 e. The van der Waals surface area contributed by atoms with Crippen molar-refractivity contribution in [3.8, 4) is 11.4 Å². The second-order valence-corrected chi connectivity index (χ2v) is 7.28. The molecular weight excluding hydrogens is 402 g/mol. The molecule has 1 amide bonds. The van der Waals surface area contributed by atoms with Crippen molar-refractivity contribution in [3.63, 3.8) is 0 Å². The molecule has 156 valence electrons. The largest absolute Gasteiger partial charge is 0.352 e. The summed E-state index contributed by atoms with van der Waals surface area (Å²) in [5.74, 6) is 0.329.